The molecule has 0 aliphatic carbocycles. The van der Waals surface area contributed by atoms with Crippen molar-refractivity contribution in [1.29, 1.82) is 0 Å². The van der Waals surface area contributed by atoms with E-state index in [0.717, 1.165) is 0 Å². The van der Waals surface area contributed by atoms with E-state index in [9.17, 15) is 23.3 Å². The zero-order valence-electron chi connectivity index (χ0n) is 5.32. The quantitative estimate of drug-likeness (QED) is 0.472. The molecule has 1 heterocycles. The van der Waals surface area contributed by atoms with Crippen LogP contribution in [0.4, 0.5) is 19.1 Å². The minimum atomic E-state index is -4.76. The summed E-state index contributed by atoms with van der Waals surface area (Å²) in [4.78, 5) is 11.5. The molecular formula is C3HF3N4O2. The van der Waals surface area contributed by atoms with Crippen LogP contribution in [0.15, 0.2) is 6.33 Å². The summed E-state index contributed by atoms with van der Waals surface area (Å²) in [5.74, 6) is -1.08. The van der Waals surface area contributed by atoms with E-state index in [4.69, 9.17) is 0 Å². The Balaban J connectivity index is 3.00. The first-order valence-electron chi connectivity index (χ1n) is 2.54. The Bertz CT molecular complexity index is 305. The van der Waals surface area contributed by atoms with Crippen molar-refractivity contribution in [3.05, 3.63) is 16.4 Å². The van der Waals surface area contributed by atoms with Gasteiger partial charge in [0.05, 0.1) is 0 Å². The first kappa shape index (κ1) is 8.43. The summed E-state index contributed by atoms with van der Waals surface area (Å²) in [6, 6.07) is 0. The van der Waals surface area contributed by atoms with Crippen molar-refractivity contribution in [2.45, 2.75) is 6.30 Å². The Morgan fingerprint density at radius 3 is 2.42 bits per heavy atom. The monoisotopic (exact) mass is 182 g/mol. The molecule has 1 aromatic heterocycles. The van der Waals surface area contributed by atoms with Gasteiger partial charge in [-0.15, -0.1) is 13.2 Å². The molecule has 1 rings (SSSR count). The third-order valence-corrected chi connectivity index (χ3v) is 0.903. The summed E-state index contributed by atoms with van der Waals surface area (Å²) in [6.07, 6.45) is -4.53. The number of nitrogens with zero attached hydrogens (tertiary/aromatic N) is 4. The van der Waals surface area contributed by atoms with Gasteiger partial charge in [-0.2, -0.15) is 0 Å². The van der Waals surface area contributed by atoms with Gasteiger partial charge in [-0.3, -0.25) is 0 Å². The highest BCUT2D eigenvalue weighted by Crippen LogP contribution is 2.20. The molecule has 0 amide bonds. The highest BCUT2D eigenvalue weighted by Gasteiger charge is 2.36. The molecule has 6 nitrogen and oxygen atoms in total. The number of alkyl halides is 3. The lowest BCUT2D eigenvalue weighted by Gasteiger charge is -1.98. The van der Waals surface area contributed by atoms with E-state index in [-0.39, 0.29) is 6.33 Å². The molecule has 0 fully saturated rings. The number of hydrogen-bond donors (Lipinski definition) is 0. The molecule has 0 atom stereocenters. The van der Waals surface area contributed by atoms with Crippen LogP contribution in [0, 0.1) is 10.1 Å². The highest BCUT2D eigenvalue weighted by molar-refractivity contribution is 4.97. The van der Waals surface area contributed by atoms with Gasteiger partial charge in [-0.1, -0.05) is 9.67 Å². The Hall–Kier alpha value is -1.67. The minimum Gasteiger partial charge on any atom is -0.390 e. The Kier molecular flexibility index (Phi) is 1.70. The van der Waals surface area contributed by atoms with Crippen molar-refractivity contribution in [1.82, 2.24) is 14.8 Å². The maximum absolute atomic E-state index is 11.7. The van der Waals surface area contributed by atoms with Crippen molar-refractivity contribution in [2.75, 3.05) is 0 Å². The molecule has 0 aliphatic rings. The van der Waals surface area contributed by atoms with Gasteiger partial charge < -0.3 is 10.1 Å². The zero-order chi connectivity index (χ0) is 9.35. The predicted molar refractivity (Wildman–Crippen MR) is 28.0 cm³/mol. The van der Waals surface area contributed by atoms with Crippen LogP contribution in [-0.4, -0.2) is 19.7 Å². The maximum atomic E-state index is 11.7. The van der Waals surface area contributed by atoms with Crippen molar-refractivity contribution < 1.29 is 18.1 Å². The molecule has 0 radical (unpaired) electrons. The lowest BCUT2D eigenvalue weighted by atomic mass is 11.1. The van der Waals surface area contributed by atoms with E-state index < -0.39 is 21.9 Å². The summed E-state index contributed by atoms with van der Waals surface area (Å²) >= 11 is 0. The smallest absolute Gasteiger partial charge is 0.390 e. The number of nitro groups is 1. The fraction of sp³-hybridized carbons (Fsp3) is 0.333. The van der Waals surface area contributed by atoms with Gasteiger partial charge in [-0.25, -0.2) is 0 Å². The second kappa shape index (κ2) is 2.43. The molecular weight excluding hydrogens is 181 g/mol. The van der Waals surface area contributed by atoms with E-state index in [0.29, 0.717) is 0 Å². The zero-order valence-corrected chi connectivity index (χ0v) is 5.32. The van der Waals surface area contributed by atoms with Crippen molar-refractivity contribution in [2.24, 2.45) is 0 Å². The van der Waals surface area contributed by atoms with Crippen LogP contribution in [0.3, 0.4) is 0 Å². The molecule has 12 heavy (non-hydrogen) atoms. The Morgan fingerprint density at radius 1 is 1.58 bits per heavy atom. The molecule has 0 saturated carbocycles. The molecule has 0 N–H and O–H groups in total. The van der Waals surface area contributed by atoms with Crippen LogP contribution in [0.1, 0.15) is 0 Å². The molecule has 66 valence electrons. The Labute approximate surface area is 62.8 Å². The fourth-order valence-corrected chi connectivity index (χ4v) is 0.460. The third kappa shape index (κ3) is 1.49. The number of hydrogen-bond acceptors (Lipinski definition) is 4. The molecule has 0 aromatic carbocycles. The SMILES string of the molecule is O=[N+]([O-])c1ncn(C(F)(F)F)n1. The maximum Gasteiger partial charge on any atom is 0.519 e. The van der Waals surface area contributed by atoms with Gasteiger partial charge in [0.15, 0.2) is 0 Å². The minimum absolute atomic E-state index is 0.234. The lowest BCUT2D eigenvalue weighted by Crippen LogP contribution is -2.17. The van der Waals surface area contributed by atoms with Gasteiger partial charge in [0.2, 0.25) is 6.33 Å². The molecule has 0 unspecified atom stereocenters. The van der Waals surface area contributed by atoms with Crippen LogP contribution < -0.4 is 0 Å². The summed E-state index contributed by atoms with van der Waals surface area (Å²) in [7, 11) is 0. The standard InChI is InChI=1S/C3HF3N4O2/c4-3(5,6)9-1-7-2(8-9)10(11)12/h1H. The predicted octanol–water partition coefficient (Wildman–Crippen LogP) is 0.663. The van der Waals surface area contributed by atoms with Gasteiger partial charge in [0, 0.05) is 5.10 Å². The van der Waals surface area contributed by atoms with Gasteiger partial charge in [0.25, 0.3) is 0 Å². The average molecular weight is 182 g/mol. The second-order valence-electron chi connectivity index (χ2n) is 1.71. The molecule has 9 heteroatoms. The number of rotatable bonds is 1. The summed E-state index contributed by atoms with van der Waals surface area (Å²) < 4.78 is 34.6. The fourth-order valence-electron chi connectivity index (χ4n) is 0.460. The van der Waals surface area contributed by atoms with Crippen molar-refractivity contribution in [3.63, 3.8) is 0 Å². The summed E-state index contributed by atoms with van der Waals surface area (Å²) in [5, 5.41) is 12.4. The first-order chi connectivity index (χ1) is 5.41. The molecule has 0 aliphatic heterocycles. The second-order valence-corrected chi connectivity index (χ2v) is 1.71. The topological polar surface area (TPSA) is 73.8 Å². The van der Waals surface area contributed by atoms with Gasteiger partial charge in [-0.05, 0) is 4.92 Å². The molecule has 0 spiro atoms. The number of aromatic nitrogens is 3. The van der Waals surface area contributed by atoms with Crippen LogP contribution in [0.25, 0.3) is 0 Å². The largest absolute Gasteiger partial charge is 0.519 e. The average Bonchev–Trinajstić information content (AvgIpc) is 2.30. The van der Waals surface area contributed by atoms with Crippen LogP contribution in [0.5, 0.6) is 0 Å². The van der Waals surface area contributed by atoms with Crippen LogP contribution in [0.2, 0.25) is 0 Å². The first-order valence-corrected chi connectivity index (χ1v) is 2.54. The molecule has 1 aromatic rings. The van der Waals surface area contributed by atoms with Gasteiger partial charge in [0.1, 0.15) is 0 Å². The van der Waals surface area contributed by atoms with E-state index in [1.165, 1.54) is 0 Å². The highest BCUT2D eigenvalue weighted by atomic mass is 19.4. The van der Waals surface area contributed by atoms with E-state index >= 15 is 0 Å². The Morgan fingerprint density at radius 2 is 2.17 bits per heavy atom. The van der Waals surface area contributed by atoms with E-state index in [2.05, 4.69) is 10.1 Å². The van der Waals surface area contributed by atoms with Crippen LogP contribution in [-0.2, 0) is 6.30 Å². The lowest BCUT2D eigenvalue weighted by molar-refractivity contribution is -0.395. The number of halogens is 3. The molecule has 0 bridgehead atoms. The van der Waals surface area contributed by atoms with Gasteiger partial charge >= 0.3 is 12.2 Å². The van der Waals surface area contributed by atoms with E-state index in [1.807, 2.05) is 0 Å². The summed E-state index contributed by atoms with van der Waals surface area (Å²) in [6.45, 7) is 0. The molecule has 0 saturated heterocycles. The van der Waals surface area contributed by atoms with Crippen LogP contribution >= 0.6 is 0 Å². The third-order valence-electron chi connectivity index (χ3n) is 0.903. The van der Waals surface area contributed by atoms with Crippen molar-refractivity contribution >= 4 is 5.95 Å². The summed E-state index contributed by atoms with van der Waals surface area (Å²) in [5.41, 5.74) is 0. The van der Waals surface area contributed by atoms with E-state index in [1.54, 1.807) is 0 Å². The normalized spacial score (nSPS) is 11.6. The van der Waals surface area contributed by atoms with Crippen molar-refractivity contribution in [3.8, 4) is 0 Å².